The van der Waals surface area contributed by atoms with Gasteiger partial charge in [0.1, 0.15) is 28.7 Å². The van der Waals surface area contributed by atoms with Gasteiger partial charge in [0.15, 0.2) is 5.76 Å². The second-order valence-electron chi connectivity index (χ2n) is 8.31. The van der Waals surface area contributed by atoms with Crippen LogP contribution in [0.2, 0.25) is 0 Å². The highest BCUT2D eigenvalue weighted by atomic mass is 16.6. The lowest BCUT2D eigenvalue weighted by molar-refractivity contribution is 0.0991. The van der Waals surface area contributed by atoms with Crippen LogP contribution >= 0.6 is 0 Å². The van der Waals surface area contributed by atoms with Crippen LogP contribution in [0.1, 0.15) is 42.5 Å². The number of methoxy groups -OCH3 is 3. The topological polar surface area (TPSA) is 79.2 Å². The van der Waals surface area contributed by atoms with Crippen LogP contribution in [-0.4, -0.2) is 27.2 Å². The molecule has 7 heteroatoms. The summed E-state index contributed by atoms with van der Waals surface area (Å²) in [5.41, 5.74) is 2.46. The second-order valence-corrected chi connectivity index (χ2v) is 8.31. The van der Waals surface area contributed by atoms with Gasteiger partial charge in [-0.15, -0.1) is 0 Å². The third-order valence-electron chi connectivity index (χ3n) is 5.02. The second kappa shape index (κ2) is 9.26. The zero-order chi connectivity index (χ0) is 23.5. The Morgan fingerprint density at radius 1 is 0.875 bits per heavy atom. The summed E-state index contributed by atoms with van der Waals surface area (Å²) in [5, 5.41) is 2.77. The molecule has 2 aromatic carbocycles. The van der Waals surface area contributed by atoms with Crippen LogP contribution < -0.4 is 24.3 Å². The maximum atomic E-state index is 12.8. The Kier molecular flexibility index (Phi) is 6.67. The molecule has 0 aliphatic carbocycles. The fourth-order valence-electron chi connectivity index (χ4n) is 3.09. The molecule has 1 N–H and O–H groups in total. The number of anilines is 1. The first-order valence-corrected chi connectivity index (χ1v) is 10.2. The molecule has 1 heterocycles. The molecule has 1 aromatic heterocycles. The molecular formula is C25H29NO6. The molecule has 0 fully saturated rings. The number of furan rings is 1. The molecular weight excluding hydrogens is 410 g/mol. The van der Waals surface area contributed by atoms with E-state index in [4.69, 9.17) is 23.4 Å². The Morgan fingerprint density at radius 2 is 1.53 bits per heavy atom. The van der Waals surface area contributed by atoms with Gasteiger partial charge in [-0.05, 0) is 35.6 Å². The smallest absolute Gasteiger partial charge is 0.291 e. The Bertz CT molecular complexity index is 1080. The zero-order valence-corrected chi connectivity index (χ0v) is 19.5. The average molecular weight is 440 g/mol. The van der Waals surface area contributed by atoms with Crippen LogP contribution in [0.25, 0.3) is 0 Å². The predicted octanol–water partition coefficient (Wildman–Crippen LogP) is 5.96. The number of ether oxygens (including phenoxy) is 4. The molecule has 0 unspecified atom stereocenters. The van der Waals surface area contributed by atoms with Crippen LogP contribution in [-0.2, 0) is 5.41 Å². The van der Waals surface area contributed by atoms with E-state index in [0.717, 1.165) is 11.1 Å². The van der Waals surface area contributed by atoms with Crippen molar-refractivity contribution in [2.45, 2.75) is 33.1 Å². The Labute approximate surface area is 188 Å². The number of hydrogen-bond donors (Lipinski definition) is 1. The number of carbonyl (C=O) groups excluding carboxylic acids is 1. The summed E-state index contributed by atoms with van der Waals surface area (Å²) in [5.74, 6) is 1.85. The van der Waals surface area contributed by atoms with Crippen LogP contribution in [0.3, 0.4) is 0 Å². The quantitative estimate of drug-likeness (QED) is 0.490. The molecule has 0 aliphatic rings. The van der Waals surface area contributed by atoms with Crippen molar-refractivity contribution in [3.63, 3.8) is 0 Å². The van der Waals surface area contributed by atoms with Crippen molar-refractivity contribution < 1.29 is 28.2 Å². The predicted molar refractivity (Wildman–Crippen MR) is 123 cm³/mol. The van der Waals surface area contributed by atoms with Crippen molar-refractivity contribution in [1.29, 1.82) is 0 Å². The molecule has 1 amide bonds. The van der Waals surface area contributed by atoms with E-state index in [0.29, 0.717) is 28.7 Å². The Morgan fingerprint density at radius 3 is 2.09 bits per heavy atom. The highest BCUT2D eigenvalue weighted by molar-refractivity contribution is 6.04. The molecule has 170 valence electrons. The maximum absolute atomic E-state index is 12.8. The molecule has 0 aliphatic heterocycles. The van der Waals surface area contributed by atoms with Gasteiger partial charge in [0.25, 0.3) is 11.9 Å². The van der Waals surface area contributed by atoms with Crippen molar-refractivity contribution in [1.82, 2.24) is 0 Å². The zero-order valence-electron chi connectivity index (χ0n) is 19.5. The highest BCUT2D eigenvalue weighted by Gasteiger charge is 2.20. The van der Waals surface area contributed by atoms with Gasteiger partial charge in [-0.25, -0.2) is 0 Å². The van der Waals surface area contributed by atoms with Crippen molar-refractivity contribution in [2.75, 3.05) is 26.6 Å². The van der Waals surface area contributed by atoms with Crippen LogP contribution in [0.4, 0.5) is 5.69 Å². The maximum Gasteiger partial charge on any atom is 0.291 e. The van der Waals surface area contributed by atoms with Gasteiger partial charge in [0, 0.05) is 18.2 Å². The third kappa shape index (κ3) is 4.99. The lowest BCUT2D eigenvalue weighted by atomic mass is 9.86. The molecule has 32 heavy (non-hydrogen) atoms. The van der Waals surface area contributed by atoms with Crippen molar-refractivity contribution in [3.8, 4) is 28.9 Å². The molecule has 0 atom stereocenters. The Balaban J connectivity index is 1.82. The van der Waals surface area contributed by atoms with E-state index < -0.39 is 5.91 Å². The number of hydrogen-bond acceptors (Lipinski definition) is 6. The summed E-state index contributed by atoms with van der Waals surface area (Å²) >= 11 is 0. The van der Waals surface area contributed by atoms with E-state index >= 15 is 0 Å². The van der Waals surface area contributed by atoms with E-state index in [1.165, 1.54) is 21.3 Å². The fourth-order valence-corrected chi connectivity index (χ4v) is 3.09. The van der Waals surface area contributed by atoms with Crippen LogP contribution in [0.15, 0.2) is 46.9 Å². The number of benzene rings is 2. The number of aryl methyl sites for hydroxylation is 1. The molecule has 0 spiro atoms. The molecule has 3 aromatic rings. The number of carbonyl (C=O) groups is 1. The minimum Gasteiger partial charge on any atom is -0.496 e. The summed E-state index contributed by atoms with van der Waals surface area (Å²) in [6, 6.07) is 12.6. The van der Waals surface area contributed by atoms with Gasteiger partial charge < -0.3 is 28.7 Å². The van der Waals surface area contributed by atoms with E-state index in [-0.39, 0.29) is 17.1 Å². The molecule has 3 rings (SSSR count). The summed E-state index contributed by atoms with van der Waals surface area (Å²) in [6.45, 7) is 8.37. The van der Waals surface area contributed by atoms with Gasteiger partial charge in [-0.3, -0.25) is 4.79 Å². The van der Waals surface area contributed by atoms with Gasteiger partial charge in [0.05, 0.1) is 21.3 Å². The largest absolute Gasteiger partial charge is 0.496 e. The summed E-state index contributed by atoms with van der Waals surface area (Å²) in [4.78, 5) is 12.8. The van der Waals surface area contributed by atoms with E-state index in [2.05, 4.69) is 32.2 Å². The summed E-state index contributed by atoms with van der Waals surface area (Å²) < 4.78 is 27.6. The van der Waals surface area contributed by atoms with Crippen LogP contribution in [0, 0.1) is 6.92 Å². The van der Waals surface area contributed by atoms with Gasteiger partial charge >= 0.3 is 0 Å². The lowest BCUT2D eigenvalue weighted by Gasteiger charge is -2.20. The highest BCUT2D eigenvalue weighted by Crippen LogP contribution is 2.39. The molecule has 0 saturated heterocycles. The minimum atomic E-state index is -0.471. The molecule has 0 bridgehead atoms. The SMILES string of the molecule is COc1cc(OC)c(NC(=O)c2ccc(Oc3cc(C(C)(C)C)ccc3C)o2)c(OC)c1. The fraction of sp³-hybridized carbons (Fsp3) is 0.320. The van der Waals surface area contributed by atoms with Gasteiger partial charge in [0.2, 0.25) is 0 Å². The van der Waals surface area contributed by atoms with Crippen molar-refractivity contribution >= 4 is 11.6 Å². The number of nitrogens with one attached hydrogen (secondary N) is 1. The lowest BCUT2D eigenvalue weighted by Crippen LogP contribution is -2.13. The first-order chi connectivity index (χ1) is 15.2. The van der Waals surface area contributed by atoms with Crippen molar-refractivity contribution in [3.05, 3.63) is 59.4 Å². The van der Waals surface area contributed by atoms with Gasteiger partial charge in [-0.1, -0.05) is 32.9 Å². The number of amides is 1. The standard InChI is InChI=1S/C25H29NO6/c1-15-8-9-16(25(2,3)4)12-19(15)32-22-11-10-18(31-22)24(27)26-23-20(29-6)13-17(28-5)14-21(23)30-7/h8-14H,1-7H3,(H,26,27). The van der Waals surface area contributed by atoms with Crippen molar-refractivity contribution in [2.24, 2.45) is 0 Å². The molecule has 0 saturated carbocycles. The molecule has 7 nitrogen and oxygen atoms in total. The minimum absolute atomic E-state index is 0.0174. The third-order valence-corrected chi connectivity index (χ3v) is 5.02. The van der Waals surface area contributed by atoms with E-state index in [1.54, 1.807) is 24.3 Å². The van der Waals surface area contributed by atoms with E-state index in [1.807, 2.05) is 19.1 Å². The van der Waals surface area contributed by atoms with E-state index in [9.17, 15) is 4.79 Å². The molecule has 0 radical (unpaired) electrons. The monoisotopic (exact) mass is 439 g/mol. The summed E-state index contributed by atoms with van der Waals surface area (Å²) in [6.07, 6.45) is 0. The average Bonchev–Trinajstić information content (AvgIpc) is 3.23. The van der Waals surface area contributed by atoms with Crippen LogP contribution in [0.5, 0.6) is 28.9 Å². The number of rotatable bonds is 7. The summed E-state index contributed by atoms with van der Waals surface area (Å²) in [7, 11) is 4.53. The van der Waals surface area contributed by atoms with Gasteiger partial charge in [-0.2, -0.15) is 0 Å². The first kappa shape index (κ1) is 23.1. The Hall–Kier alpha value is -3.61. The normalized spacial score (nSPS) is 11.1. The first-order valence-electron chi connectivity index (χ1n) is 10.2.